The Hall–Kier alpha value is -3.02. The standard InChI is InChI=1S/C23H26N2O4/c1-23(2)13-16-12-18(29-22(27)28)9-10-19(16)25-20(23)14-5-3-6-15(11-14)21(26)24-17-7-4-8-17/h3,5-6,9-12,17,20,25H,4,7-8,13H2,1-2H3,(H,24,26)(H,27,28). The molecule has 1 saturated carbocycles. The van der Waals surface area contributed by atoms with Gasteiger partial charge < -0.3 is 20.5 Å². The first-order chi connectivity index (χ1) is 13.8. The summed E-state index contributed by atoms with van der Waals surface area (Å²) in [5.74, 6) is 0.308. The fraction of sp³-hybridized carbons (Fsp3) is 0.391. The number of hydrogen-bond donors (Lipinski definition) is 3. The summed E-state index contributed by atoms with van der Waals surface area (Å²) in [5.41, 5.74) is 3.58. The smallest absolute Gasteiger partial charge is 0.449 e. The van der Waals surface area contributed by atoms with E-state index in [-0.39, 0.29) is 17.4 Å². The lowest BCUT2D eigenvalue weighted by atomic mass is 9.72. The van der Waals surface area contributed by atoms with Gasteiger partial charge in [-0.25, -0.2) is 4.79 Å². The van der Waals surface area contributed by atoms with Crippen molar-refractivity contribution in [2.45, 2.75) is 51.6 Å². The minimum absolute atomic E-state index is 0.0129. The SMILES string of the molecule is CC1(C)Cc2cc(OC(=O)O)ccc2NC1c1cccc(C(=O)NC2CCC2)c1. The molecule has 0 aromatic heterocycles. The highest BCUT2D eigenvalue weighted by atomic mass is 16.7. The largest absolute Gasteiger partial charge is 0.511 e. The lowest BCUT2D eigenvalue weighted by Crippen LogP contribution is -2.39. The van der Waals surface area contributed by atoms with E-state index in [1.54, 1.807) is 12.1 Å². The van der Waals surface area contributed by atoms with Gasteiger partial charge in [0.05, 0.1) is 6.04 Å². The highest BCUT2D eigenvalue weighted by Crippen LogP contribution is 2.45. The van der Waals surface area contributed by atoms with Crippen molar-refractivity contribution in [1.82, 2.24) is 5.32 Å². The Morgan fingerprint density at radius 2 is 1.97 bits per heavy atom. The zero-order valence-electron chi connectivity index (χ0n) is 16.7. The first kappa shape index (κ1) is 19.3. The maximum absolute atomic E-state index is 12.6. The van der Waals surface area contributed by atoms with Crippen LogP contribution < -0.4 is 15.4 Å². The summed E-state index contributed by atoms with van der Waals surface area (Å²) in [6, 6.07) is 13.4. The quantitative estimate of drug-likeness (QED) is 0.514. The molecule has 0 saturated heterocycles. The Bertz CT molecular complexity index is 950. The monoisotopic (exact) mass is 394 g/mol. The van der Waals surface area contributed by atoms with Gasteiger partial charge in [0.2, 0.25) is 0 Å². The third-order valence-corrected chi connectivity index (χ3v) is 5.93. The van der Waals surface area contributed by atoms with Crippen LogP contribution in [0.1, 0.15) is 60.6 Å². The zero-order valence-corrected chi connectivity index (χ0v) is 16.7. The van der Waals surface area contributed by atoms with Gasteiger partial charge in [-0.1, -0.05) is 26.0 Å². The van der Waals surface area contributed by atoms with E-state index < -0.39 is 6.16 Å². The molecule has 1 aliphatic carbocycles. The van der Waals surface area contributed by atoms with Crippen molar-refractivity contribution in [3.8, 4) is 5.75 Å². The second-order valence-electron chi connectivity index (χ2n) is 8.66. The Labute approximate surface area is 170 Å². The molecule has 0 radical (unpaired) electrons. The molecule has 1 heterocycles. The van der Waals surface area contributed by atoms with Gasteiger partial charge in [0.25, 0.3) is 5.91 Å². The Morgan fingerprint density at radius 1 is 1.17 bits per heavy atom. The summed E-state index contributed by atoms with van der Waals surface area (Å²) in [4.78, 5) is 23.4. The van der Waals surface area contributed by atoms with Crippen molar-refractivity contribution in [3.63, 3.8) is 0 Å². The molecule has 29 heavy (non-hydrogen) atoms. The average molecular weight is 394 g/mol. The van der Waals surface area contributed by atoms with Crippen LogP contribution in [0.3, 0.4) is 0 Å². The summed E-state index contributed by atoms with van der Waals surface area (Å²) in [5, 5.41) is 15.5. The van der Waals surface area contributed by atoms with Gasteiger partial charge in [0, 0.05) is 17.3 Å². The van der Waals surface area contributed by atoms with Crippen molar-refractivity contribution in [2.75, 3.05) is 5.32 Å². The predicted octanol–water partition coefficient (Wildman–Crippen LogP) is 4.76. The van der Waals surface area contributed by atoms with Crippen LogP contribution in [0.4, 0.5) is 10.5 Å². The van der Waals surface area contributed by atoms with Crippen LogP contribution in [0, 0.1) is 5.41 Å². The molecular formula is C23H26N2O4. The van der Waals surface area contributed by atoms with Crippen LogP contribution in [-0.4, -0.2) is 23.2 Å². The Kier molecular flexibility index (Phi) is 4.94. The molecule has 6 nitrogen and oxygen atoms in total. The molecule has 4 rings (SSSR count). The molecule has 2 aliphatic rings. The molecule has 0 spiro atoms. The summed E-state index contributed by atoms with van der Waals surface area (Å²) >= 11 is 0. The first-order valence-corrected chi connectivity index (χ1v) is 10.0. The van der Waals surface area contributed by atoms with E-state index in [1.165, 1.54) is 6.42 Å². The van der Waals surface area contributed by atoms with E-state index in [0.717, 1.165) is 36.1 Å². The highest BCUT2D eigenvalue weighted by molar-refractivity contribution is 5.94. The van der Waals surface area contributed by atoms with Gasteiger partial charge in [0.15, 0.2) is 0 Å². The van der Waals surface area contributed by atoms with Crippen molar-refractivity contribution >= 4 is 17.7 Å². The molecule has 2 aromatic carbocycles. The summed E-state index contributed by atoms with van der Waals surface area (Å²) in [6.45, 7) is 4.33. The van der Waals surface area contributed by atoms with Crippen LogP contribution in [0.15, 0.2) is 42.5 Å². The van der Waals surface area contributed by atoms with Gasteiger partial charge in [-0.2, -0.15) is 0 Å². The first-order valence-electron chi connectivity index (χ1n) is 10.0. The summed E-state index contributed by atoms with van der Waals surface area (Å²) in [7, 11) is 0. The number of nitrogens with one attached hydrogen (secondary N) is 2. The normalized spacial score (nSPS) is 20.0. The molecule has 2 aromatic rings. The molecular weight excluding hydrogens is 368 g/mol. The van der Waals surface area contributed by atoms with E-state index in [4.69, 9.17) is 9.84 Å². The van der Waals surface area contributed by atoms with Crippen molar-refractivity contribution in [3.05, 3.63) is 59.2 Å². The maximum atomic E-state index is 12.6. The highest BCUT2D eigenvalue weighted by Gasteiger charge is 2.36. The molecule has 152 valence electrons. The lowest BCUT2D eigenvalue weighted by molar-refractivity contribution is 0.0916. The second kappa shape index (κ2) is 7.43. The van der Waals surface area contributed by atoms with Crippen LogP contribution in [0.2, 0.25) is 0 Å². The molecule has 3 N–H and O–H groups in total. The fourth-order valence-corrected chi connectivity index (χ4v) is 4.18. The zero-order chi connectivity index (χ0) is 20.6. The van der Waals surface area contributed by atoms with Crippen LogP contribution in [-0.2, 0) is 6.42 Å². The topological polar surface area (TPSA) is 87.7 Å². The van der Waals surface area contributed by atoms with Crippen LogP contribution >= 0.6 is 0 Å². The number of ether oxygens (including phenoxy) is 1. The molecule has 1 fully saturated rings. The molecule has 1 amide bonds. The van der Waals surface area contributed by atoms with Crippen LogP contribution in [0.5, 0.6) is 5.75 Å². The maximum Gasteiger partial charge on any atom is 0.511 e. The number of hydrogen-bond acceptors (Lipinski definition) is 4. The number of rotatable bonds is 4. The van der Waals surface area contributed by atoms with Gasteiger partial charge in [-0.05, 0) is 72.6 Å². The van der Waals surface area contributed by atoms with Gasteiger partial charge in [0.1, 0.15) is 5.75 Å². The second-order valence-corrected chi connectivity index (χ2v) is 8.66. The van der Waals surface area contributed by atoms with E-state index in [1.807, 2.05) is 30.3 Å². The minimum Gasteiger partial charge on any atom is -0.449 e. The number of benzene rings is 2. The van der Waals surface area contributed by atoms with Crippen molar-refractivity contribution in [1.29, 1.82) is 0 Å². The number of anilines is 1. The molecule has 1 unspecified atom stereocenters. The fourth-order valence-electron chi connectivity index (χ4n) is 4.18. The molecule has 0 bridgehead atoms. The van der Waals surface area contributed by atoms with E-state index in [2.05, 4.69) is 24.5 Å². The average Bonchev–Trinajstić information content (AvgIpc) is 2.62. The number of fused-ring (bicyclic) bond motifs is 1. The van der Waals surface area contributed by atoms with Gasteiger partial charge >= 0.3 is 6.16 Å². The van der Waals surface area contributed by atoms with Crippen molar-refractivity contribution in [2.24, 2.45) is 5.41 Å². The number of carboxylic acid groups (broad SMARTS) is 1. The minimum atomic E-state index is -1.32. The molecule has 1 atom stereocenters. The number of carbonyl (C=O) groups excluding carboxylic acids is 1. The molecule has 6 heteroatoms. The van der Waals surface area contributed by atoms with E-state index in [9.17, 15) is 9.59 Å². The Balaban J connectivity index is 1.58. The third-order valence-electron chi connectivity index (χ3n) is 5.93. The number of carbonyl (C=O) groups is 2. The van der Waals surface area contributed by atoms with E-state index >= 15 is 0 Å². The number of amides is 1. The third kappa shape index (κ3) is 4.06. The van der Waals surface area contributed by atoms with Gasteiger partial charge in [-0.3, -0.25) is 4.79 Å². The Morgan fingerprint density at radius 3 is 2.66 bits per heavy atom. The van der Waals surface area contributed by atoms with Crippen LogP contribution in [0.25, 0.3) is 0 Å². The van der Waals surface area contributed by atoms with Gasteiger partial charge in [-0.15, -0.1) is 0 Å². The van der Waals surface area contributed by atoms with Crippen molar-refractivity contribution < 1.29 is 19.4 Å². The lowest BCUT2D eigenvalue weighted by Gasteiger charge is -2.41. The van der Waals surface area contributed by atoms with E-state index in [0.29, 0.717) is 17.4 Å². The summed E-state index contributed by atoms with van der Waals surface area (Å²) in [6.07, 6.45) is 2.75. The summed E-state index contributed by atoms with van der Waals surface area (Å²) < 4.78 is 4.79. The molecule has 1 aliphatic heterocycles. The predicted molar refractivity (Wildman–Crippen MR) is 110 cm³/mol.